The molecule has 0 atom stereocenters. The van der Waals surface area contributed by atoms with E-state index < -0.39 is 5.97 Å². The molecule has 132 valence electrons. The number of carbonyl (C=O) groups is 3. The summed E-state index contributed by atoms with van der Waals surface area (Å²) in [6.45, 7) is 10.2. The molecule has 0 aliphatic carbocycles. The molecule has 0 saturated heterocycles. The fraction of sp³-hybridized carbons (Fsp3) is 0.350. The maximum Gasteiger partial charge on any atom is 0.339 e. The van der Waals surface area contributed by atoms with Crippen molar-refractivity contribution < 1.29 is 19.1 Å². The minimum absolute atomic E-state index is 0.104. The van der Waals surface area contributed by atoms with Gasteiger partial charge in [-0.1, -0.05) is 17.7 Å². The molecule has 1 N–H and O–H groups in total. The summed E-state index contributed by atoms with van der Waals surface area (Å²) < 4.78 is 5.22. The van der Waals surface area contributed by atoms with Crippen LogP contribution in [0.25, 0.3) is 0 Å². The second kappa shape index (κ2) is 7.05. The zero-order valence-electron chi connectivity index (χ0n) is 15.5. The van der Waals surface area contributed by atoms with Crippen LogP contribution in [0.3, 0.4) is 0 Å². The number of aryl methyl sites for hydroxylation is 4. The molecular formula is C20H23NO4. The molecule has 2 rings (SSSR count). The lowest BCUT2D eigenvalue weighted by molar-refractivity contribution is 0.0472. The maximum absolute atomic E-state index is 12.4. The summed E-state index contributed by atoms with van der Waals surface area (Å²) in [6, 6.07) is 3.81. The largest absolute Gasteiger partial charge is 0.454 e. The molecule has 0 radical (unpaired) electrons. The van der Waals surface area contributed by atoms with Crippen LogP contribution in [0.4, 0.5) is 0 Å². The number of benzene rings is 1. The highest BCUT2D eigenvalue weighted by Crippen LogP contribution is 2.20. The van der Waals surface area contributed by atoms with Gasteiger partial charge in [-0.2, -0.15) is 0 Å². The van der Waals surface area contributed by atoms with Crippen LogP contribution >= 0.6 is 0 Å². The van der Waals surface area contributed by atoms with E-state index in [2.05, 4.69) is 4.98 Å². The van der Waals surface area contributed by atoms with Crippen molar-refractivity contribution in [2.45, 2.75) is 41.5 Å². The van der Waals surface area contributed by atoms with Crippen molar-refractivity contribution in [3.8, 4) is 0 Å². The van der Waals surface area contributed by atoms with Gasteiger partial charge in [0.15, 0.2) is 12.4 Å². The summed E-state index contributed by atoms with van der Waals surface area (Å²) in [6.07, 6.45) is 0. The van der Waals surface area contributed by atoms with Gasteiger partial charge in [-0.15, -0.1) is 0 Å². The number of esters is 1. The minimum atomic E-state index is -0.518. The molecule has 1 aromatic heterocycles. The first kappa shape index (κ1) is 18.6. The molecule has 1 aromatic carbocycles. The maximum atomic E-state index is 12.4. The SMILES string of the molecule is CC(=O)c1c(C)[nH]c(C(=O)COC(=O)c2c(C)cc(C)cc2C)c1C. The van der Waals surface area contributed by atoms with E-state index in [0.717, 1.165) is 16.7 Å². The van der Waals surface area contributed by atoms with Gasteiger partial charge in [0, 0.05) is 11.3 Å². The van der Waals surface area contributed by atoms with Crippen molar-refractivity contribution in [1.82, 2.24) is 4.98 Å². The summed E-state index contributed by atoms with van der Waals surface area (Å²) in [7, 11) is 0. The van der Waals surface area contributed by atoms with Gasteiger partial charge in [0.05, 0.1) is 11.3 Å². The fourth-order valence-corrected chi connectivity index (χ4v) is 3.33. The van der Waals surface area contributed by atoms with Gasteiger partial charge in [0.2, 0.25) is 5.78 Å². The topological polar surface area (TPSA) is 76.2 Å². The zero-order valence-corrected chi connectivity index (χ0v) is 15.5. The Labute approximate surface area is 147 Å². The number of H-pyrrole nitrogens is 1. The number of aromatic amines is 1. The molecule has 0 fully saturated rings. The van der Waals surface area contributed by atoms with Crippen LogP contribution in [0.2, 0.25) is 0 Å². The average Bonchev–Trinajstić information content (AvgIpc) is 2.78. The Morgan fingerprint density at radius 1 is 0.960 bits per heavy atom. The number of aromatic nitrogens is 1. The first-order valence-electron chi connectivity index (χ1n) is 8.11. The first-order chi connectivity index (χ1) is 11.6. The monoisotopic (exact) mass is 341 g/mol. The predicted molar refractivity (Wildman–Crippen MR) is 95.5 cm³/mol. The Hall–Kier alpha value is -2.69. The Balaban J connectivity index is 2.17. The molecular weight excluding hydrogens is 318 g/mol. The van der Waals surface area contributed by atoms with Crippen molar-refractivity contribution in [2.75, 3.05) is 6.61 Å². The van der Waals surface area contributed by atoms with E-state index in [-0.39, 0.29) is 18.2 Å². The van der Waals surface area contributed by atoms with E-state index in [9.17, 15) is 14.4 Å². The number of hydrogen-bond donors (Lipinski definition) is 1. The number of Topliss-reactive ketones (excluding diaryl/α,β-unsaturated/α-hetero) is 2. The number of ketones is 2. The van der Waals surface area contributed by atoms with Crippen molar-refractivity contribution in [3.05, 3.63) is 56.9 Å². The normalized spacial score (nSPS) is 10.6. The molecule has 2 aromatic rings. The Bertz CT molecular complexity index is 851. The summed E-state index contributed by atoms with van der Waals surface area (Å²) >= 11 is 0. The van der Waals surface area contributed by atoms with Gasteiger partial charge in [-0.05, 0) is 58.2 Å². The molecule has 0 aliphatic heterocycles. The number of ether oxygens (including phenoxy) is 1. The minimum Gasteiger partial charge on any atom is -0.454 e. The highest BCUT2D eigenvalue weighted by Gasteiger charge is 2.22. The van der Waals surface area contributed by atoms with E-state index >= 15 is 0 Å². The molecule has 5 heteroatoms. The van der Waals surface area contributed by atoms with Crippen molar-refractivity contribution in [1.29, 1.82) is 0 Å². The summed E-state index contributed by atoms with van der Waals surface area (Å²) in [4.78, 5) is 39.3. The third-order valence-electron chi connectivity index (χ3n) is 4.28. The second-order valence-electron chi connectivity index (χ2n) is 6.45. The van der Waals surface area contributed by atoms with E-state index in [0.29, 0.717) is 28.1 Å². The number of carbonyl (C=O) groups excluding carboxylic acids is 3. The van der Waals surface area contributed by atoms with Crippen LogP contribution in [0.15, 0.2) is 12.1 Å². The molecule has 0 aliphatic rings. The van der Waals surface area contributed by atoms with Crippen molar-refractivity contribution in [3.63, 3.8) is 0 Å². The van der Waals surface area contributed by atoms with Crippen LogP contribution in [0, 0.1) is 34.6 Å². The van der Waals surface area contributed by atoms with Crippen LogP contribution in [-0.4, -0.2) is 29.1 Å². The van der Waals surface area contributed by atoms with Crippen LogP contribution in [-0.2, 0) is 4.74 Å². The standard InChI is InChI=1S/C20H23NO4/c1-10-7-11(2)17(12(3)8-10)20(24)25-9-16(23)19-13(4)18(15(6)22)14(5)21-19/h7-8,21H,9H2,1-6H3. The number of rotatable bonds is 5. The van der Waals surface area contributed by atoms with Gasteiger partial charge >= 0.3 is 5.97 Å². The van der Waals surface area contributed by atoms with Crippen LogP contribution in [0.5, 0.6) is 0 Å². The molecule has 0 unspecified atom stereocenters. The summed E-state index contributed by atoms with van der Waals surface area (Å²) in [5.41, 5.74) is 5.26. The van der Waals surface area contributed by atoms with Crippen LogP contribution < -0.4 is 0 Å². The van der Waals surface area contributed by atoms with Crippen LogP contribution in [0.1, 0.15) is 66.1 Å². The van der Waals surface area contributed by atoms with Gasteiger partial charge < -0.3 is 9.72 Å². The summed E-state index contributed by atoms with van der Waals surface area (Å²) in [5, 5.41) is 0. The van der Waals surface area contributed by atoms with E-state index in [1.807, 2.05) is 32.9 Å². The van der Waals surface area contributed by atoms with Gasteiger partial charge in [0.25, 0.3) is 0 Å². The Kier molecular flexibility index (Phi) is 5.26. The molecule has 0 bridgehead atoms. The third-order valence-corrected chi connectivity index (χ3v) is 4.28. The first-order valence-corrected chi connectivity index (χ1v) is 8.11. The lowest BCUT2D eigenvalue weighted by Gasteiger charge is -2.10. The van der Waals surface area contributed by atoms with Crippen molar-refractivity contribution in [2.24, 2.45) is 0 Å². The second-order valence-corrected chi connectivity index (χ2v) is 6.45. The third kappa shape index (κ3) is 3.71. The summed E-state index contributed by atoms with van der Waals surface area (Å²) in [5.74, 6) is -0.979. The average molecular weight is 341 g/mol. The zero-order chi connectivity index (χ0) is 18.9. The predicted octanol–water partition coefficient (Wildman–Crippen LogP) is 3.80. The lowest BCUT2D eigenvalue weighted by atomic mass is 10.00. The molecule has 0 saturated carbocycles. The fourth-order valence-electron chi connectivity index (χ4n) is 3.33. The molecule has 5 nitrogen and oxygen atoms in total. The van der Waals surface area contributed by atoms with Gasteiger partial charge in [0.1, 0.15) is 0 Å². The quantitative estimate of drug-likeness (QED) is 0.663. The Morgan fingerprint density at radius 2 is 1.52 bits per heavy atom. The molecule has 25 heavy (non-hydrogen) atoms. The smallest absolute Gasteiger partial charge is 0.339 e. The molecule has 0 amide bonds. The van der Waals surface area contributed by atoms with Gasteiger partial charge in [-0.3, -0.25) is 9.59 Å². The number of nitrogens with one attached hydrogen (secondary N) is 1. The molecule has 0 spiro atoms. The van der Waals surface area contributed by atoms with Gasteiger partial charge in [-0.25, -0.2) is 4.79 Å². The van der Waals surface area contributed by atoms with Crippen molar-refractivity contribution >= 4 is 17.5 Å². The van der Waals surface area contributed by atoms with E-state index in [1.165, 1.54) is 6.92 Å². The highest BCUT2D eigenvalue weighted by molar-refractivity contribution is 6.04. The van der Waals surface area contributed by atoms with E-state index in [4.69, 9.17) is 4.74 Å². The lowest BCUT2D eigenvalue weighted by Crippen LogP contribution is -2.17. The molecule has 1 heterocycles. The Morgan fingerprint density at radius 3 is 2.00 bits per heavy atom. The van der Waals surface area contributed by atoms with E-state index in [1.54, 1.807) is 13.8 Å². The highest BCUT2D eigenvalue weighted by atomic mass is 16.5. The number of hydrogen-bond acceptors (Lipinski definition) is 4.